The third kappa shape index (κ3) is 3.18. The summed E-state index contributed by atoms with van der Waals surface area (Å²) in [6.45, 7) is 2.24. The second-order valence-corrected chi connectivity index (χ2v) is 7.70. The Morgan fingerprint density at radius 2 is 1.95 bits per heavy atom. The Balaban J connectivity index is 2.54. The summed E-state index contributed by atoms with van der Waals surface area (Å²) in [5.41, 5.74) is -0.274. The van der Waals surface area contributed by atoms with Crippen molar-refractivity contribution in [1.82, 2.24) is 4.31 Å². The number of halogens is 2. The highest BCUT2D eigenvalue weighted by Crippen LogP contribution is 2.33. The smallest absolute Gasteiger partial charge is 0.337 e. The van der Waals surface area contributed by atoms with E-state index < -0.39 is 16.0 Å². The first kappa shape index (κ1) is 16.5. The van der Waals surface area contributed by atoms with E-state index in [0.29, 0.717) is 6.54 Å². The fraction of sp³-hybridized carbons (Fsp3) is 0.462. The number of piperidine rings is 1. The molecule has 1 atom stereocenters. The van der Waals surface area contributed by atoms with Gasteiger partial charge in [0.15, 0.2) is 0 Å². The monoisotopic (exact) mass is 351 g/mol. The quantitative estimate of drug-likeness (QED) is 0.906. The topological polar surface area (TPSA) is 74.7 Å². The summed E-state index contributed by atoms with van der Waals surface area (Å²) in [5.74, 6) is -1.29. The molecule has 0 amide bonds. The van der Waals surface area contributed by atoms with Crippen molar-refractivity contribution in [2.75, 3.05) is 6.54 Å². The van der Waals surface area contributed by atoms with Gasteiger partial charge in [0.1, 0.15) is 4.90 Å². The van der Waals surface area contributed by atoms with Gasteiger partial charge in [-0.05, 0) is 31.9 Å². The number of sulfonamides is 1. The Morgan fingerprint density at radius 1 is 1.29 bits per heavy atom. The second-order valence-electron chi connectivity index (χ2n) is 5.03. The summed E-state index contributed by atoms with van der Waals surface area (Å²) in [6, 6.07) is 2.06. The SMILES string of the molecule is C[C@@H]1CCCCN1S(=O)(=O)c1cc(C(=O)O)c(Cl)cc1Cl. The van der Waals surface area contributed by atoms with Gasteiger partial charge in [-0.15, -0.1) is 0 Å². The van der Waals surface area contributed by atoms with Crippen molar-refractivity contribution in [2.45, 2.75) is 37.1 Å². The number of nitrogens with zero attached hydrogens (tertiary/aromatic N) is 1. The Hall–Kier alpha value is -0.820. The first-order valence-electron chi connectivity index (χ1n) is 6.49. The van der Waals surface area contributed by atoms with Crippen molar-refractivity contribution in [3.63, 3.8) is 0 Å². The minimum absolute atomic E-state index is 0.0669. The summed E-state index contributed by atoms with van der Waals surface area (Å²) in [5, 5.41) is 8.92. The van der Waals surface area contributed by atoms with Crippen LogP contribution in [-0.2, 0) is 10.0 Å². The summed E-state index contributed by atoms with van der Waals surface area (Å²) in [4.78, 5) is 10.9. The van der Waals surface area contributed by atoms with Gasteiger partial charge in [0.25, 0.3) is 0 Å². The number of benzene rings is 1. The summed E-state index contributed by atoms with van der Waals surface area (Å²) >= 11 is 11.8. The summed E-state index contributed by atoms with van der Waals surface area (Å²) < 4.78 is 26.8. The first-order valence-corrected chi connectivity index (χ1v) is 8.69. The van der Waals surface area contributed by atoms with Crippen molar-refractivity contribution >= 4 is 39.2 Å². The molecule has 116 valence electrons. The van der Waals surface area contributed by atoms with Crippen LogP contribution >= 0.6 is 23.2 Å². The third-order valence-electron chi connectivity index (χ3n) is 3.58. The predicted molar refractivity (Wildman–Crippen MR) is 80.6 cm³/mol. The van der Waals surface area contributed by atoms with Crippen LogP contribution in [0.2, 0.25) is 10.0 Å². The number of hydrogen-bond donors (Lipinski definition) is 1. The van der Waals surface area contributed by atoms with Crippen LogP contribution < -0.4 is 0 Å². The molecule has 0 radical (unpaired) electrons. The standard InChI is InChI=1S/C13H15Cl2NO4S/c1-8-4-2-3-5-16(8)21(19,20)12-6-9(13(17)18)10(14)7-11(12)15/h6-8H,2-5H2,1H3,(H,17,18)/t8-/m1/s1. The van der Waals surface area contributed by atoms with Gasteiger partial charge in [-0.2, -0.15) is 4.31 Å². The molecule has 1 N–H and O–H groups in total. The molecule has 1 aromatic carbocycles. The summed E-state index contributed by atoms with van der Waals surface area (Å²) in [6.07, 6.45) is 2.53. The number of carboxylic acid groups (broad SMARTS) is 1. The molecule has 1 fully saturated rings. The first-order chi connectivity index (χ1) is 9.75. The molecule has 1 aromatic rings. The van der Waals surface area contributed by atoms with Gasteiger partial charge >= 0.3 is 5.97 Å². The second kappa shape index (κ2) is 6.12. The zero-order valence-corrected chi connectivity index (χ0v) is 13.7. The number of carbonyl (C=O) groups is 1. The van der Waals surface area contributed by atoms with Crippen LogP contribution in [0.4, 0.5) is 0 Å². The Morgan fingerprint density at radius 3 is 2.52 bits per heavy atom. The molecule has 0 bridgehead atoms. The van der Waals surface area contributed by atoms with Crippen LogP contribution in [0.15, 0.2) is 17.0 Å². The molecule has 21 heavy (non-hydrogen) atoms. The third-order valence-corrected chi connectivity index (χ3v) is 6.37. The van der Waals surface area contributed by atoms with E-state index in [1.54, 1.807) is 0 Å². The maximum absolute atomic E-state index is 12.7. The lowest BCUT2D eigenvalue weighted by molar-refractivity contribution is 0.0697. The number of aromatic carboxylic acids is 1. The molecule has 2 rings (SSSR count). The zero-order valence-electron chi connectivity index (χ0n) is 11.3. The highest BCUT2D eigenvalue weighted by molar-refractivity contribution is 7.89. The average Bonchev–Trinajstić information content (AvgIpc) is 2.38. The van der Waals surface area contributed by atoms with Crippen molar-refractivity contribution in [3.8, 4) is 0 Å². The highest BCUT2D eigenvalue weighted by Gasteiger charge is 2.33. The molecule has 0 saturated carbocycles. The average molecular weight is 352 g/mol. The number of hydrogen-bond acceptors (Lipinski definition) is 3. The van der Waals surface area contributed by atoms with Crippen molar-refractivity contribution < 1.29 is 18.3 Å². The molecular formula is C13H15Cl2NO4S. The molecule has 0 aromatic heterocycles. The maximum Gasteiger partial charge on any atom is 0.337 e. The van der Waals surface area contributed by atoms with Crippen LogP contribution in [-0.4, -0.2) is 36.4 Å². The lowest BCUT2D eigenvalue weighted by Crippen LogP contribution is -2.42. The van der Waals surface area contributed by atoms with Gasteiger partial charge in [-0.1, -0.05) is 29.6 Å². The van der Waals surface area contributed by atoms with Gasteiger partial charge in [-0.25, -0.2) is 13.2 Å². The van der Waals surface area contributed by atoms with Gasteiger partial charge in [0.2, 0.25) is 10.0 Å². The number of carboxylic acids is 1. The van der Waals surface area contributed by atoms with E-state index in [2.05, 4.69) is 0 Å². The molecular weight excluding hydrogens is 337 g/mol. The van der Waals surface area contributed by atoms with E-state index in [9.17, 15) is 13.2 Å². The fourth-order valence-corrected chi connectivity index (χ4v) is 4.98. The van der Waals surface area contributed by atoms with E-state index in [-0.39, 0.29) is 26.5 Å². The van der Waals surface area contributed by atoms with Gasteiger partial charge < -0.3 is 5.11 Å². The van der Waals surface area contributed by atoms with Gasteiger partial charge in [0, 0.05) is 12.6 Å². The van der Waals surface area contributed by atoms with E-state index in [1.165, 1.54) is 4.31 Å². The largest absolute Gasteiger partial charge is 0.478 e. The van der Waals surface area contributed by atoms with E-state index in [4.69, 9.17) is 28.3 Å². The maximum atomic E-state index is 12.7. The molecule has 5 nitrogen and oxygen atoms in total. The van der Waals surface area contributed by atoms with Crippen LogP contribution in [0.5, 0.6) is 0 Å². The molecule has 1 heterocycles. The molecule has 1 aliphatic heterocycles. The predicted octanol–water partition coefficient (Wildman–Crippen LogP) is 3.25. The van der Waals surface area contributed by atoms with Crippen LogP contribution in [0, 0.1) is 0 Å². The minimum Gasteiger partial charge on any atom is -0.478 e. The van der Waals surface area contributed by atoms with Gasteiger partial charge in [0.05, 0.1) is 15.6 Å². The molecule has 0 aliphatic carbocycles. The van der Waals surface area contributed by atoms with Crippen molar-refractivity contribution in [3.05, 3.63) is 27.7 Å². The fourth-order valence-electron chi connectivity index (χ4n) is 2.45. The molecule has 0 spiro atoms. The van der Waals surface area contributed by atoms with E-state index in [1.807, 2.05) is 6.92 Å². The minimum atomic E-state index is -3.84. The lowest BCUT2D eigenvalue weighted by Gasteiger charge is -2.32. The molecule has 1 aliphatic rings. The highest BCUT2D eigenvalue weighted by atomic mass is 35.5. The van der Waals surface area contributed by atoms with Crippen molar-refractivity contribution in [1.29, 1.82) is 0 Å². The number of rotatable bonds is 3. The lowest BCUT2D eigenvalue weighted by atomic mass is 10.1. The van der Waals surface area contributed by atoms with Crippen LogP contribution in [0.3, 0.4) is 0 Å². The van der Waals surface area contributed by atoms with E-state index >= 15 is 0 Å². The van der Waals surface area contributed by atoms with Crippen LogP contribution in [0.1, 0.15) is 36.5 Å². The summed E-state index contributed by atoms with van der Waals surface area (Å²) in [7, 11) is -3.84. The van der Waals surface area contributed by atoms with Crippen molar-refractivity contribution in [2.24, 2.45) is 0 Å². The zero-order chi connectivity index (χ0) is 15.8. The molecule has 0 unspecified atom stereocenters. The van der Waals surface area contributed by atoms with Crippen LogP contribution in [0.25, 0.3) is 0 Å². The Bertz CT molecular complexity index is 675. The molecule has 8 heteroatoms. The Labute approximate surface area is 133 Å². The normalized spacial score (nSPS) is 20.4. The molecule has 1 saturated heterocycles. The Kier molecular flexibility index (Phi) is 4.82. The van der Waals surface area contributed by atoms with E-state index in [0.717, 1.165) is 31.4 Å². The van der Waals surface area contributed by atoms with Gasteiger partial charge in [-0.3, -0.25) is 0 Å².